The van der Waals surface area contributed by atoms with E-state index in [0.29, 0.717) is 0 Å². The van der Waals surface area contributed by atoms with E-state index in [4.69, 9.17) is 10.2 Å². The fourth-order valence-corrected chi connectivity index (χ4v) is 1.05. The summed E-state index contributed by atoms with van der Waals surface area (Å²) in [6, 6.07) is 0. The Bertz CT molecular complexity index is 185. The number of aliphatic carboxylic acids is 1. The van der Waals surface area contributed by atoms with Gasteiger partial charge in [-0.2, -0.15) is 0 Å². The zero-order chi connectivity index (χ0) is 13.1. The standard InChI is InChI=1S/C8H18O2.C4H6O2/c1-3-5-8(10)7(4-2)6-9;1-3(2)4(5)6/h7-10H,3-6H2,1-2H3;1H2,2H3,(H,5,6). The first kappa shape index (κ1) is 17.5. The molecule has 0 aromatic carbocycles. The first-order valence-electron chi connectivity index (χ1n) is 5.58. The van der Waals surface area contributed by atoms with Gasteiger partial charge < -0.3 is 15.3 Å². The Morgan fingerprint density at radius 3 is 2.00 bits per heavy atom. The number of aliphatic hydroxyl groups is 2. The lowest BCUT2D eigenvalue weighted by Crippen LogP contribution is -2.22. The van der Waals surface area contributed by atoms with Crippen molar-refractivity contribution >= 4 is 5.97 Å². The van der Waals surface area contributed by atoms with E-state index in [-0.39, 0.29) is 24.2 Å². The summed E-state index contributed by atoms with van der Waals surface area (Å²) in [7, 11) is 0. The van der Waals surface area contributed by atoms with Crippen molar-refractivity contribution in [3.8, 4) is 0 Å². The van der Waals surface area contributed by atoms with Crippen LogP contribution in [0.2, 0.25) is 0 Å². The quantitative estimate of drug-likeness (QED) is 0.610. The molecule has 0 aliphatic heterocycles. The molecule has 0 spiro atoms. The molecule has 0 saturated carbocycles. The first-order valence-corrected chi connectivity index (χ1v) is 5.58. The summed E-state index contributed by atoms with van der Waals surface area (Å²) in [5.74, 6) is -0.852. The molecule has 0 bridgehead atoms. The highest BCUT2D eigenvalue weighted by Gasteiger charge is 2.14. The van der Waals surface area contributed by atoms with E-state index in [2.05, 4.69) is 6.58 Å². The van der Waals surface area contributed by atoms with Gasteiger partial charge in [0, 0.05) is 18.1 Å². The highest BCUT2D eigenvalue weighted by atomic mass is 16.4. The zero-order valence-corrected chi connectivity index (χ0v) is 10.4. The van der Waals surface area contributed by atoms with Crippen LogP contribution in [-0.4, -0.2) is 34.0 Å². The van der Waals surface area contributed by atoms with Gasteiger partial charge in [0.05, 0.1) is 6.10 Å². The summed E-state index contributed by atoms with van der Waals surface area (Å²) < 4.78 is 0. The highest BCUT2D eigenvalue weighted by Crippen LogP contribution is 2.11. The molecule has 0 heterocycles. The summed E-state index contributed by atoms with van der Waals surface area (Å²) in [5.41, 5.74) is 0.176. The molecule has 0 saturated heterocycles. The summed E-state index contributed by atoms with van der Waals surface area (Å²) in [4.78, 5) is 9.60. The number of carbonyl (C=O) groups is 1. The molecule has 4 nitrogen and oxygen atoms in total. The smallest absolute Gasteiger partial charge is 0.330 e. The minimum Gasteiger partial charge on any atom is -0.478 e. The van der Waals surface area contributed by atoms with E-state index in [0.717, 1.165) is 19.3 Å². The molecule has 0 rings (SSSR count). The predicted octanol–water partition coefficient (Wildman–Crippen LogP) is 1.81. The van der Waals surface area contributed by atoms with Crippen LogP contribution in [0.4, 0.5) is 0 Å². The van der Waals surface area contributed by atoms with Crippen molar-refractivity contribution in [3.63, 3.8) is 0 Å². The fraction of sp³-hybridized carbons (Fsp3) is 0.750. The van der Waals surface area contributed by atoms with Gasteiger partial charge in [-0.05, 0) is 19.8 Å². The zero-order valence-electron chi connectivity index (χ0n) is 10.4. The maximum Gasteiger partial charge on any atom is 0.330 e. The lowest BCUT2D eigenvalue weighted by atomic mass is 9.97. The van der Waals surface area contributed by atoms with Crippen LogP contribution in [0.1, 0.15) is 40.0 Å². The van der Waals surface area contributed by atoms with E-state index in [1.807, 2.05) is 13.8 Å². The van der Waals surface area contributed by atoms with Crippen molar-refractivity contribution in [2.75, 3.05) is 6.61 Å². The van der Waals surface area contributed by atoms with Gasteiger partial charge in [0.2, 0.25) is 0 Å². The molecule has 2 atom stereocenters. The van der Waals surface area contributed by atoms with Gasteiger partial charge in [0.1, 0.15) is 0 Å². The summed E-state index contributed by atoms with van der Waals surface area (Å²) >= 11 is 0. The molecule has 0 aliphatic carbocycles. The van der Waals surface area contributed by atoms with E-state index < -0.39 is 5.97 Å². The number of hydrogen-bond donors (Lipinski definition) is 3. The second-order valence-electron chi connectivity index (χ2n) is 3.79. The molecule has 0 fully saturated rings. The van der Waals surface area contributed by atoms with Crippen LogP contribution in [-0.2, 0) is 4.79 Å². The minimum atomic E-state index is -0.935. The van der Waals surface area contributed by atoms with Gasteiger partial charge in [-0.15, -0.1) is 0 Å². The number of hydrogen-bond acceptors (Lipinski definition) is 3. The largest absolute Gasteiger partial charge is 0.478 e. The van der Waals surface area contributed by atoms with Crippen molar-refractivity contribution in [3.05, 3.63) is 12.2 Å². The molecule has 0 aromatic heterocycles. The van der Waals surface area contributed by atoms with Crippen molar-refractivity contribution in [1.82, 2.24) is 0 Å². The number of carboxylic acid groups (broad SMARTS) is 1. The molecular formula is C12H24O4. The lowest BCUT2D eigenvalue weighted by Gasteiger charge is -2.17. The third-order valence-corrected chi connectivity index (χ3v) is 2.25. The van der Waals surface area contributed by atoms with Gasteiger partial charge in [0.25, 0.3) is 0 Å². The Balaban J connectivity index is 0. The Kier molecular flexibility index (Phi) is 11.7. The molecule has 96 valence electrons. The van der Waals surface area contributed by atoms with Crippen LogP contribution in [0, 0.1) is 5.92 Å². The van der Waals surface area contributed by atoms with Crippen molar-refractivity contribution in [2.24, 2.45) is 5.92 Å². The third kappa shape index (κ3) is 9.68. The van der Waals surface area contributed by atoms with Crippen LogP contribution < -0.4 is 0 Å². The Hall–Kier alpha value is -0.870. The molecule has 4 heteroatoms. The second-order valence-corrected chi connectivity index (χ2v) is 3.79. The molecule has 16 heavy (non-hydrogen) atoms. The molecule has 0 amide bonds. The van der Waals surface area contributed by atoms with Crippen LogP contribution in [0.25, 0.3) is 0 Å². The van der Waals surface area contributed by atoms with Crippen LogP contribution in [0.15, 0.2) is 12.2 Å². The number of rotatable bonds is 6. The van der Waals surface area contributed by atoms with E-state index in [1.54, 1.807) is 0 Å². The molecule has 3 N–H and O–H groups in total. The summed E-state index contributed by atoms with van der Waals surface area (Å²) in [6.07, 6.45) is 2.34. The van der Waals surface area contributed by atoms with Crippen molar-refractivity contribution in [2.45, 2.75) is 46.1 Å². The Labute approximate surface area is 97.6 Å². The van der Waals surface area contributed by atoms with Gasteiger partial charge in [0.15, 0.2) is 0 Å². The lowest BCUT2D eigenvalue weighted by molar-refractivity contribution is -0.132. The monoisotopic (exact) mass is 232 g/mol. The summed E-state index contributed by atoms with van der Waals surface area (Å²) in [6.45, 7) is 8.73. The second kappa shape index (κ2) is 10.6. The molecule has 0 aliphatic rings. The molecule has 0 aromatic rings. The maximum atomic E-state index is 9.60. The third-order valence-electron chi connectivity index (χ3n) is 2.25. The van der Waals surface area contributed by atoms with Gasteiger partial charge in [-0.25, -0.2) is 4.79 Å². The number of aliphatic hydroxyl groups excluding tert-OH is 2. The fourth-order valence-electron chi connectivity index (χ4n) is 1.05. The minimum absolute atomic E-state index is 0.0833. The van der Waals surface area contributed by atoms with Crippen molar-refractivity contribution in [1.29, 1.82) is 0 Å². The Morgan fingerprint density at radius 2 is 1.81 bits per heavy atom. The van der Waals surface area contributed by atoms with Crippen LogP contribution >= 0.6 is 0 Å². The average Bonchev–Trinajstić information content (AvgIpc) is 2.20. The molecule has 2 unspecified atom stereocenters. The van der Waals surface area contributed by atoms with Crippen molar-refractivity contribution < 1.29 is 20.1 Å². The van der Waals surface area contributed by atoms with Gasteiger partial charge in [-0.3, -0.25) is 0 Å². The van der Waals surface area contributed by atoms with Gasteiger partial charge in [-0.1, -0.05) is 26.8 Å². The average molecular weight is 232 g/mol. The maximum absolute atomic E-state index is 9.60. The first-order chi connectivity index (χ1) is 7.40. The topological polar surface area (TPSA) is 77.8 Å². The molecule has 0 radical (unpaired) electrons. The number of carboxylic acids is 1. The van der Waals surface area contributed by atoms with Crippen LogP contribution in [0.3, 0.4) is 0 Å². The van der Waals surface area contributed by atoms with E-state index in [9.17, 15) is 9.90 Å². The molecular weight excluding hydrogens is 208 g/mol. The highest BCUT2D eigenvalue weighted by molar-refractivity contribution is 5.84. The van der Waals surface area contributed by atoms with Gasteiger partial charge >= 0.3 is 5.97 Å². The van der Waals surface area contributed by atoms with E-state index >= 15 is 0 Å². The van der Waals surface area contributed by atoms with Crippen LogP contribution in [0.5, 0.6) is 0 Å². The summed E-state index contributed by atoms with van der Waals surface area (Å²) in [5, 5.41) is 26.0. The predicted molar refractivity (Wildman–Crippen MR) is 64.2 cm³/mol. The van der Waals surface area contributed by atoms with E-state index in [1.165, 1.54) is 6.92 Å². The normalized spacial score (nSPS) is 13.3. The Morgan fingerprint density at radius 1 is 1.38 bits per heavy atom. The SMILES string of the molecule is C=C(C)C(=O)O.CCCC(O)C(CC)CO.